The fraction of sp³-hybridized carbons (Fsp3) is 0.667. The number of hydrogen-bond donors (Lipinski definition) is 1. The number of hydrogen-bond acceptors (Lipinski definition) is 2. The van der Waals surface area contributed by atoms with Crippen molar-refractivity contribution in [3.63, 3.8) is 0 Å². The lowest BCUT2D eigenvalue weighted by molar-refractivity contribution is 0.364. The topological polar surface area (TPSA) is 15.3 Å². The van der Waals surface area contributed by atoms with Crippen molar-refractivity contribution in [2.45, 2.75) is 6.04 Å². The zero-order valence-electron chi connectivity index (χ0n) is 4.80. The highest BCUT2D eigenvalue weighted by Gasteiger charge is 2.20. The van der Waals surface area contributed by atoms with Gasteiger partial charge < -0.3 is 0 Å². The van der Waals surface area contributed by atoms with Crippen molar-refractivity contribution >= 4 is 0 Å². The van der Waals surface area contributed by atoms with E-state index >= 15 is 0 Å². The van der Waals surface area contributed by atoms with Gasteiger partial charge in [0.1, 0.15) is 0 Å². The fourth-order valence-corrected chi connectivity index (χ4v) is 1.30. The van der Waals surface area contributed by atoms with Crippen LogP contribution in [0.5, 0.6) is 0 Å². The molecule has 2 unspecified atom stereocenters. The first-order valence-corrected chi connectivity index (χ1v) is 3.07. The Labute approximate surface area is 49.2 Å². The molecule has 2 atom stereocenters. The van der Waals surface area contributed by atoms with Crippen LogP contribution in [0.15, 0.2) is 12.2 Å². The Balaban J connectivity index is 2.17. The summed E-state index contributed by atoms with van der Waals surface area (Å²) in [5.41, 5.74) is 0. The molecule has 2 aliphatic rings. The Morgan fingerprint density at radius 2 is 2.62 bits per heavy atom. The lowest BCUT2D eigenvalue weighted by atomic mass is 10.2. The number of nitrogens with one attached hydrogen (secondary N) is 1. The molecule has 1 N–H and O–H groups in total. The Bertz CT molecular complexity index is 120. The lowest BCUT2D eigenvalue weighted by Gasteiger charge is -2.13. The standard InChI is InChI=1S/C6H10N2/c1-2-6-4-8(3-1)5-7-6/h1-2,6-7H,3-5H2. The van der Waals surface area contributed by atoms with Crippen LogP contribution >= 0.6 is 0 Å². The van der Waals surface area contributed by atoms with Gasteiger partial charge in [0, 0.05) is 25.8 Å². The van der Waals surface area contributed by atoms with Crippen molar-refractivity contribution in [1.29, 1.82) is 0 Å². The monoisotopic (exact) mass is 110 g/mol. The quantitative estimate of drug-likeness (QED) is 0.434. The van der Waals surface area contributed by atoms with Crippen LogP contribution in [-0.2, 0) is 0 Å². The Hall–Kier alpha value is -0.340. The second-order valence-corrected chi connectivity index (χ2v) is 2.43. The van der Waals surface area contributed by atoms with Crippen molar-refractivity contribution in [3.8, 4) is 0 Å². The maximum absolute atomic E-state index is 3.36. The second-order valence-electron chi connectivity index (χ2n) is 2.43. The minimum absolute atomic E-state index is 0.656. The van der Waals surface area contributed by atoms with Gasteiger partial charge in [-0.15, -0.1) is 0 Å². The van der Waals surface area contributed by atoms with E-state index in [2.05, 4.69) is 22.4 Å². The third kappa shape index (κ3) is 0.572. The van der Waals surface area contributed by atoms with Crippen LogP contribution in [0.4, 0.5) is 0 Å². The van der Waals surface area contributed by atoms with Crippen molar-refractivity contribution in [2.75, 3.05) is 19.8 Å². The molecule has 0 radical (unpaired) electrons. The summed E-state index contributed by atoms with van der Waals surface area (Å²) in [6.45, 7) is 3.44. The van der Waals surface area contributed by atoms with E-state index in [9.17, 15) is 0 Å². The maximum Gasteiger partial charge on any atom is 0.0489 e. The number of rotatable bonds is 0. The second kappa shape index (κ2) is 1.57. The first-order valence-electron chi connectivity index (χ1n) is 3.07. The normalized spacial score (nSPS) is 43.0. The van der Waals surface area contributed by atoms with E-state index in [4.69, 9.17) is 0 Å². The highest BCUT2D eigenvalue weighted by Crippen LogP contribution is 2.06. The average Bonchev–Trinajstić information content (AvgIpc) is 2.12. The molecule has 0 aromatic carbocycles. The largest absolute Gasteiger partial charge is 0.297 e. The van der Waals surface area contributed by atoms with E-state index in [1.807, 2.05) is 0 Å². The summed E-state index contributed by atoms with van der Waals surface area (Å²) < 4.78 is 0. The molecule has 0 aromatic rings. The first-order chi connectivity index (χ1) is 3.95. The first kappa shape index (κ1) is 4.53. The summed E-state index contributed by atoms with van der Waals surface area (Å²) in [7, 11) is 0. The highest BCUT2D eigenvalue weighted by atomic mass is 15.3. The molecule has 2 heterocycles. The van der Waals surface area contributed by atoms with Crippen LogP contribution in [-0.4, -0.2) is 30.7 Å². The van der Waals surface area contributed by atoms with Gasteiger partial charge in [-0.3, -0.25) is 10.2 Å². The van der Waals surface area contributed by atoms with Gasteiger partial charge in [-0.05, 0) is 0 Å². The van der Waals surface area contributed by atoms with Crippen molar-refractivity contribution in [1.82, 2.24) is 10.2 Å². The maximum atomic E-state index is 3.36. The minimum atomic E-state index is 0.656. The number of nitrogens with zero attached hydrogens (tertiary/aromatic N) is 1. The van der Waals surface area contributed by atoms with Crippen molar-refractivity contribution in [2.24, 2.45) is 0 Å². The summed E-state index contributed by atoms with van der Waals surface area (Å²) in [6.07, 6.45) is 4.48. The molecule has 0 aromatic heterocycles. The van der Waals surface area contributed by atoms with Crippen LogP contribution in [0.25, 0.3) is 0 Å². The SMILES string of the molecule is C1=CC2CN(C1)CN2. The molecule has 0 amide bonds. The molecule has 8 heavy (non-hydrogen) atoms. The lowest BCUT2D eigenvalue weighted by Crippen LogP contribution is -2.24. The molecule has 2 nitrogen and oxygen atoms in total. The molecule has 0 spiro atoms. The van der Waals surface area contributed by atoms with Gasteiger partial charge in [-0.25, -0.2) is 0 Å². The zero-order chi connectivity index (χ0) is 5.40. The van der Waals surface area contributed by atoms with Crippen LogP contribution in [0.3, 0.4) is 0 Å². The van der Waals surface area contributed by atoms with E-state index < -0.39 is 0 Å². The Kier molecular flexibility index (Phi) is 0.889. The van der Waals surface area contributed by atoms with Crippen LogP contribution in [0.2, 0.25) is 0 Å². The minimum Gasteiger partial charge on any atom is -0.297 e. The van der Waals surface area contributed by atoms with E-state index in [0.717, 1.165) is 13.2 Å². The van der Waals surface area contributed by atoms with Gasteiger partial charge in [0.25, 0.3) is 0 Å². The summed E-state index contributed by atoms with van der Waals surface area (Å²) in [6, 6.07) is 0.656. The molecule has 2 bridgehead atoms. The smallest absolute Gasteiger partial charge is 0.0489 e. The Morgan fingerprint density at radius 3 is 3.38 bits per heavy atom. The van der Waals surface area contributed by atoms with Crippen molar-refractivity contribution in [3.05, 3.63) is 12.2 Å². The molecular formula is C6H10N2. The van der Waals surface area contributed by atoms with Crippen molar-refractivity contribution < 1.29 is 0 Å². The molecule has 0 aliphatic carbocycles. The van der Waals surface area contributed by atoms with Crippen LogP contribution in [0.1, 0.15) is 0 Å². The molecule has 1 fully saturated rings. The third-order valence-corrected chi connectivity index (χ3v) is 1.76. The molecule has 2 rings (SSSR count). The molecule has 44 valence electrons. The molecule has 1 saturated heterocycles. The Morgan fingerprint density at radius 1 is 1.62 bits per heavy atom. The van der Waals surface area contributed by atoms with E-state index in [-0.39, 0.29) is 0 Å². The molecular weight excluding hydrogens is 100 g/mol. The molecule has 2 aliphatic heterocycles. The van der Waals surface area contributed by atoms with Gasteiger partial charge in [0.05, 0.1) is 0 Å². The van der Waals surface area contributed by atoms with Crippen LogP contribution < -0.4 is 5.32 Å². The highest BCUT2D eigenvalue weighted by molar-refractivity contribution is 5.04. The fourth-order valence-electron chi connectivity index (χ4n) is 1.30. The van der Waals surface area contributed by atoms with Gasteiger partial charge >= 0.3 is 0 Å². The average molecular weight is 110 g/mol. The van der Waals surface area contributed by atoms with E-state index in [1.54, 1.807) is 0 Å². The molecule has 2 heteroatoms. The van der Waals surface area contributed by atoms with Gasteiger partial charge in [0.2, 0.25) is 0 Å². The van der Waals surface area contributed by atoms with Gasteiger partial charge in [-0.2, -0.15) is 0 Å². The number of fused-ring (bicyclic) bond motifs is 2. The molecule has 0 saturated carbocycles. The van der Waals surface area contributed by atoms with E-state index in [0.29, 0.717) is 6.04 Å². The summed E-state index contributed by atoms with van der Waals surface area (Å²) in [4.78, 5) is 2.39. The van der Waals surface area contributed by atoms with Gasteiger partial charge in [-0.1, -0.05) is 12.2 Å². The summed E-state index contributed by atoms with van der Waals surface area (Å²) in [5, 5.41) is 3.36. The van der Waals surface area contributed by atoms with Gasteiger partial charge in [0.15, 0.2) is 0 Å². The summed E-state index contributed by atoms with van der Waals surface area (Å²) in [5.74, 6) is 0. The predicted molar refractivity (Wildman–Crippen MR) is 32.5 cm³/mol. The summed E-state index contributed by atoms with van der Waals surface area (Å²) >= 11 is 0. The zero-order valence-corrected chi connectivity index (χ0v) is 4.80. The predicted octanol–water partition coefficient (Wildman–Crippen LogP) is -0.213. The van der Waals surface area contributed by atoms with E-state index in [1.165, 1.54) is 6.54 Å². The third-order valence-electron chi connectivity index (χ3n) is 1.76. The van der Waals surface area contributed by atoms with Crippen LogP contribution in [0, 0.1) is 0 Å².